The van der Waals surface area contributed by atoms with Crippen LogP contribution in [0.1, 0.15) is 24.3 Å². The van der Waals surface area contributed by atoms with Gasteiger partial charge in [-0.25, -0.2) is 0 Å². The zero-order valence-electron chi connectivity index (χ0n) is 10.7. The van der Waals surface area contributed by atoms with Gasteiger partial charge in [-0.3, -0.25) is 4.90 Å². The summed E-state index contributed by atoms with van der Waals surface area (Å²) in [5.41, 5.74) is 0. The van der Waals surface area contributed by atoms with Gasteiger partial charge in [-0.1, -0.05) is 6.07 Å². The van der Waals surface area contributed by atoms with Gasteiger partial charge in [-0.2, -0.15) is 0 Å². The predicted molar refractivity (Wildman–Crippen MR) is 72.6 cm³/mol. The van der Waals surface area contributed by atoms with E-state index in [9.17, 15) is 0 Å². The SMILES string of the molecule is CC(NCCN(C)C1CCOC1)c1cccs1. The van der Waals surface area contributed by atoms with E-state index >= 15 is 0 Å². The molecule has 1 aliphatic rings. The molecule has 1 aromatic rings. The van der Waals surface area contributed by atoms with Crippen molar-refractivity contribution in [1.82, 2.24) is 10.2 Å². The summed E-state index contributed by atoms with van der Waals surface area (Å²) in [5.74, 6) is 0. The first-order valence-corrected chi connectivity index (χ1v) is 7.20. The highest BCUT2D eigenvalue weighted by atomic mass is 32.1. The summed E-state index contributed by atoms with van der Waals surface area (Å²) in [6.45, 7) is 6.17. The number of ether oxygens (including phenoxy) is 1. The zero-order valence-corrected chi connectivity index (χ0v) is 11.5. The summed E-state index contributed by atoms with van der Waals surface area (Å²) in [6.07, 6.45) is 1.18. The third-order valence-electron chi connectivity index (χ3n) is 3.41. The Bertz CT molecular complexity index is 309. The van der Waals surface area contributed by atoms with Gasteiger partial charge in [-0.05, 0) is 31.8 Å². The summed E-state index contributed by atoms with van der Waals surface area (Å²) in [4.78, 5) is 3.82. The van der Waals surface area contributed by atoms with E-state index in [0.29, 0.717) is 12.1 Å². The van der Waals surface area contributed by atoms with Crippen LogP contribution >= 0.6 is 11.3 Å². The summed E-state index contributed by atoms with van der Waals surface area (Å²) in [5, 5.41) is 5.70. The van der Waals surface area contributed by atoms with Crippen LogP contribution in [-0.2, 0) is 4.74 Å². The monoisotopic (exact) mass is 254 g/mol. The Hall–Kier alpha value is -0.420. The molecule has 0 aromatic carbocycles. The molecule has 17 heavy (non-hydrogen) atoms. The van der Waals surface area contributed by atoms with E-state index in [2.05, 4.69) is 41.7 Å². The van der Waals surface area contributed by atoms with Crippen molar-refractivity contribution in [3.05, 3.63) is 22.4 Å². The van der Waals surface area contributed by atoms with Crippen molar-refractivity contribution in [2.45, 2.75) is 25.4 Å². The minimum Gasteiger partial charge on any atom is -0.380 e. The van der Waals surface area contributed by atoms with Crippen LogP contribution in [0.3, 0.4) is 0 Å². The molecule has 0 aliphatic carbocycles. The fraction of sp³-hybridized carbons (Fsp3) is 0.692. The van der Waals surface area contributed by atoms with Crippen LogP contribution < -0.4 is 5.32 Å². The van der Waals surface area contributed by atoms with Gasteiger partial charge in [-0.15, -0.1) is 11.3 Å². The van der Waals surface area contributed by atoms with Crippen molar-refractivity contribution in [2.24, 2.45) is 0 Å². The Balaban J connectivity index is 1.65. The average Bonchev–Trinajstić information content (AvgIpc) is 3.02. The highest BCUT2D eigenvalue weighted by Gasteiger charge is 2.19. The Morgan fingerprint density at radius 2 is 2.53 bits per heavy atom. The van der Waals surface area contributed by atoms with E-state index in [0.717, 1.165) is 26.3 Å². The number of likely N-dealkylation sites (N-methyl/N-ethyl adjacent to an activating group) is 1. The summed E-state index contributed by atoms with van der Waals surface area (Å²) in [7, 11) is 2.19. The molecule has 2 heterocycles. The Labute approximate surface area is 108 Å². The lowest BCUT2D eigenvalue weighted by molar-refractivity contribution is 0.159. The highest BCUT2D eigenvalue weighted by Crippen LogP contribution is 2.17. The lowest BCUT2D eigenvalue weighted by Crippen LogP contribution is -2.37. The highest BCUT2D eigenvalue weighted by molar-refractivity contribution is 7.10. The first-order chi connectivity index (χ1) is 8.27. The van der Waals surface area contributed by atoms with Crippen LogP contribution in [0.25, 0.3) is 0 Å². The Morgan fingerprint density at radius 1 is 1.65 bits per heavy atom. The molecule has 0 saturated carbocycles. The van der Waals surface area contributed by atoms with E-state index in [4.69, 9.17) is 4.74 Å². The molecule has 0 spiro atoms. The van der Waals surface area contributed by atoms with E-state index < -0.39 is 0 Å². The number of nitrogens with zero attached hydrogens (tertiary/aromatic N) is 1. The molecule has 96 valence electrons. The molecule has 0 radical (unpaired) electrons. The molecular formula is C13H22N2OS. The van der Waals surface area contributed by atoms with Crippen LogP contribution in [0, 0.1) is 0 Å². The number of hydrogen-bond donors (Lipinski definition) is 1. The van der Waals surface area contributed by atoms with Crippen LogP contribution in [0.15, 0.2) is 17.5 Å². The van der Waals surface area contributed by atoms with E-state index in [1.807, 2.05) is 11.3 Å². The molecule has 0 bridgehead atoms. The van der Waals surface area contributed by atoms with Crippen LogP contribution in [0.4, 0.5) is 0 Å². The van der Waals surface area contributed by atoms with Gasteiger partial charge in [0.05, 0.1) is 6.61 Å². The van der Waals surface area contributed by atoms with E-state index in [-0.39, 0.29) is 0 Å². The molecule has 0 amide bonds. The van der Waals surface area contributed by atoms with Crippen LogP contribution in [0.2, 0.25) is 0 Å². The minimum atomic E-state index is 0.461. The maximum atomic E-state index is 5.40. The van der Waals surface area contributed by atoms with Gasteiger partial charge in [0.2, 0.25) is 0 Å². The van der Waals surface area contributed by atoms with Gasteiger partial charge in [0.15, 0.2) is 0 Å². The van der Waals surface area contributed by atoms with Crippen LogP contribution in [-0.4, -0.2) is 44.3 Å². The molecular weight excluding hydrogens is 232 g/mol. The van der Waals surface area contributed by atoms with Gasteiger partial charge in [0, 0.05) is 36.7 Å². The largest absolute Gasteiger partial charge is 0.380 e. The normalized spacial score (nSPS) is 22.2. The molecule has 3 nitrogen and oxygen atoms in total. The lowest BCUT2D eigenvalue weighted by Gasteiger charge is -2.23. The molecule has 1 fully saturated rings. The third-order valence-corrected chi connectivity index (χ3v) is 4.47. The maximum Gasteiger partial charge on any atom is 0.0622 e. The standard InChI is InChI=1S/C13H22N2OS/c1-11(13-4-3-9-17-13)14-6-7-15(2)12-5-8-16-10-12/h3-4,9,11-12,14H,5-8,10H2,1-2H3. The number of rotatable bonds is 6. The minimum absolute atomic E-state index is 0.461. The first-order valence-electron chi connectivity index (χ1n) is 6.32. The smallest absolute Gasteiger partial charge is 0.0622 e. The van der Waals surface area contributed by atoms with Crippen LogP contribution in [0.5, 0.6) is 0 Å². The van der Waals surface area contributed by atoms with Gasteiger partial charge >= 0.3 is 0 Å². The Morgan fingerprint density at radius 3 is 3.18 bits per heavy atom. The zero-order chi connectivity index (χ0) is 12.1. The summed E-state index contributed by atoms with van der Waals surface area (Å²) < 4.78 is 5.40. The summed E-state index contributed by atoms with van der Waals surface area (Å²) >= 11 is 1.82. The second-order valence-electron chi connectivity index (χ2n) is 4.69. The molecule has 2 unspecified atom stereocenters. The number of hydrogen-bond acceptors (Lipinski definition) is 4. The van der Waals surface area contributed by atoms with Crippen molar-refractivity contribution in [3.8, 4) is 0 Å². The maximum absolute atomic E-state index is 5.40. The van der Waals surface area contributed by atoms with Crippen molar-refractivity contribution < 1.29 is 4.74 Å². The summed E-state index contributed by atoms with van der Waals surface area (Å²) in [6, 6.07) is 5.38. The second-order valence-corrected chi connectivity index (χ2v) is 5.67. The van der Waals surface area contributed by atoms with E-state index in [1.165, 1.54) is 11.3 Å². The molecule has 1 saturated heterocycles. The molecule has 2 atom stereocenters. The van der Waals surface area contributed by atoms with Crippen molar-refractivity contribution in [2.75, 3.05) is 33.4 Å². The van der Waals surface area contributed by atoms with Gasteiger partial charge in [0.25, 0.3) is 0 Å². The first kappa shape index (κ1) is 13.0. The molecule has 1 aromatic heterocycles. The second kappa shape index (κ2) is 6.50. The topological polar surface area (TPSA) is 24.5 Å². The van der Waals surface area contributed by atoms with Crippen molar-refractivity contribution >= 4 is 11.3 Å². The number of thiophene rings is 1. The average molecular weight is 254 g/mol. The molecule has 4 heteroatoms. The number of nitrogens with one attached hydrogen (secondary N) is 1. The van der Waals surface area contributed by atoms with Crippen molar-refractivity contribution in [3.63, 3.8) is 0 Å². The van der Waals surface area contributed by atoms with Crippen molar-refractivity contribution in [1.29, 1.82) is 0 Å². The Kier molecular flexibility index (Phi) is 4.98. The fourth-order valence-electron chi connectivity index (χ4n) is 2.15. The fourth-order valence-corrected chi connectivity index (χ4v) is 2.91. The molecule has 1 N–H and O–H groups in total. The van der Waals surface area contributed by atoms with Gasteiger partial charge < -0.3 is 10.1 Å². The van der Waals surface area contributed by atoms with E-state index in [1.54, 1.807) is 0 Å². The lowest BCUT2D eigenvalue weighted by atomic mass is 10.2. The third kappa shape index (κ3) is 3.78. The predicted octanol–water partition coefficient (Wildman–Crippen LogP) is 2.12. The molecule has 2 rings (SSSR count). The van der Waals surface area contributed by atoms with Gasteiger partial charge in [0.1, 0.15) is 0 Å². The quantitative estimate of drug-likeness (QED) is 0.841. The molecule has 1 aliphatic heterocycles.